The van der Waals surface area contributed by atoms with E-state index in [1.54, 1.807) is 0 Å². The summed E-state index contributed by atoms with van der Waals surface area (Å²) in [6, 6.07) is 8.42. The standard InChI is InChI=1S/C16H22N4O/c1-3-5-14-16-19-18-15(20(16)11-10-17-14)12-6-8-13(9-7-12)21-4-2/h6-9,14,17H,3-5,10-11H2,1-2H3. The van der Waals surface area contributed by atoms with Gasteiger partial charge in [0.2, 0.25) is 0 Å². The van der Waals surface area contributed by atoms with Crippen molar-refractivity contribution in [2.45, 2.75) is 39.3 Å². The molecule has 1 N–H and O–H groups in total. The Morgan fingerprint density at radius 1 is 1.24 bits per heavy atom. The van der Waals surface area contributed by atoms with Crippen molar-refractivity contribution in [3.05, 3.63) is 30.1 Å². The van der Waals surface area contributed by atoms with Gasteiger partial charge >= 0.3 is 0 Å². The molecule has 1 aromatic heterocycles. The van der Waals surface area contributed by atoms with Gasteiger partial charge in [-0.15, -0.1) is 10.2 Å². The van der Waals surface area contributed by atoms with Gasteiger partial charge in [0.25, 0.3) is 0 Å². The van der Waals surface area contributed by atoms with E-state index in [0.29, 0.717) is 12.6 Å². The fourth-order valence-corrected chi connectivity index (χ4v) is 2.84. The number of hydrogen-bond acceptors (Lipinski definition) is 4. The van der Waals surface area contributed by atoms with Gasteiger partial charge in [-0.2, -0.15) is 0 Å². The Hall–Kier alpha value is -1.88. The molecule has 1 aromatic carbocycles. The van der Waals surface area contributed by atoms with Crippen LogP contribution in [0.2, 0.25) is 0 Å². The number of rotatable bonds is 5. The molecule has 0 aliphatic carbocycles. The first-order valence-electron chi connectivity index (χ1n) is 7.73. The van der Waals surface area contributed by atoms with E-state index in [-0.39, 0.29) is 0 Å². The van der Waals surface area contributed by atoms with Crippen LogP contribution in [0.4, 0.5) is 0 Å². The highest BCUT2D eigenvalue weighted by molar-refractivity contribution is 5.57. The Labute approximate surface area is 125 Å². The second-order valence-electron chi connectivity index (χ2n) is 5.29. The van der Waals surface area contributed by atoms with Gasteiger partial charge in [0.1, 0.15) is 5.75 Å². The van der Waals surface area contributed by atoms with Crippen LogP contribution < -0.4 is 10.1 Å². The monoisotopic (exact) mass is 286 g/mol. The molecule has 0 saturated heterocycles. The quantitative estimate of drug-likeness (QED) is 0.918. The van der Waals surface area contributed by atoms with Crippen LogP contribution in [0.25, 0.3) is 11.4 Å². The SMILES string of the molecule is CCCC1NCCn2c(-c3ccc(OCC)cc3)nnc21. The first-order valence-corrected chi connectivity index (χ1v) is 7.73. The summed E-state index contributed by atoms with van der Waals surface area (Å²) in [5.41, 5.74) is 1.09. The van der Waals surface area contributed by atoms with E-state index in [0.717, 1.165) is 48.9 Å². The van der Waals surface area contributed by atoms with Crippen molar-refractivity contribution in [3.63, 3.8) is 0 Å². The van der Waals surface area contributed by atoms with Gasteiger partial charge in [-0.25, -0.2) is 0 Å². The lowest BCUT2D eigenvalue weighted by atomic mass is 10.1. The zero-order chi connectivity index (χ0) is 14.7. The Bertz CT molecular complexity index is 591. The van der Waals surface area contributed by atoms with Crippen molar-refractivity contribution in [3.8, 4) is 17.1 Å². The fourth-order valence-electron chi connectivity index (χ4n) is 2.84. The second kappa shape index (κ2) is 6.26. The van der Waals surface area contributed by atoms with Crippen LogP contribution in [0.15, 0.2) is 24.3 Å². The van der Waals surface area contributed by atoms with Crippen LogP contribution >= 0.6 is 0 Å². The van der Waals surface area contributed by atoms with Crippen LogP contribution in [0.1, 0.15) is 38.6 Å². The zero-order valence-electron chi connectivity index (χ0n) is 12.7. The van der Waals surface area contributed by atoms with Crippen molar-refractivity contribution in [2.75, 3.05) is 13.2 Å². The van der Waals surface area contributed by atoms with Gasteiger partial charge in [-0.05, 0) is 37.6 Å². The normalized spacial score (nSPS) is 17.5. The van der Waals surface area contributed by atoms with Gasteiger partial charge in [0, 0.05) is 18.7 Å². The van der Waals surface area contributed by atoms with E-state index < -0.39 is 0 Å². The predicted octanol–water partition coefficient (Wildman–Crippen LogP) is 2.79. The summed E-state index contributed by atoms with van der Waals surface area (Å²) in [5.74, 6) is 2.91. The van der Waals surface area contributed by atoms with Crippen LogP contribution in [0.3, 0.4) is 0 Å². The molecule has 1 aliphatic rings. The zero-order valence-corrected chi connectivity index (χ0v) is 12.7. The molecule has 5 nitrogen and oxygen atoms in total. The van der Waals surface area contributed by atoms with Crippen LogP contribution in [0.5, 0.6) is 5.75 Å². The highest BCUT2D eigenvalue weighted by Gasteiger charge is 2.24. The minimum atomic E-state index is 0.327. The van der Waals surface area contributed by atoms with Gasteiger partial charge < -0.3 is 14.6 Å². The Morgan fingerprint density at radius 2 is 2.05 bits per heavy atom. The number of ether oxygens (including phenoxy) is 1. The summed E-state index contributed by atoms with van der Waals surface area (Å²) >= 11 is 0. The number of hydrogen-bond donors (Lipinski definition) is 1. The third kappa shape index (κ3) is 2.78. The Morgan fingerprint density at radius 3 is 2.76 bits per heavy atom. The number of nitrogens with one attached hydrogen (secondary N) is 1. The number of fused-ring (bicyclic) bond motifs is 1. The lowest BCUT2D eigenvalue weighted by molar-refractivity contribution is 0.340. The van der Waals surface area contributed by atoms with E-state index in [4.69, 9.17) is 4.74 Å². The molecule has 0 amide bonds. The summed E-state index contributed by atoms with van der Waals surface area (Å²) in [5, 5.41) is 12.3. The highest BCUT2D eigenvalue weighted by atomic mass is 16.5. The molecule has 1 atom stereocenters. The third-order valence-electron chi connectivity index (χ3n) is 3.82. The minimum Gasteiger partial charge on any atom is -0.494 e. The molecule has 21 heavy (non-hydrogen) atoms. The summed E-state index contributed by atoms with van der Waals surface area (Å²) in [7, 11) is 0. The maximum absolute atomic E-state index is 5.49. The first kappa shape index (κ1) is 14.1. The van der Waals surface area contributed by atoms with Crippen LogP contribution in [0, 0.1) is 0 Å². The molecule has 0 saturated carbocycles. The average molecular weight is 286 g/mol. The third-order valence-corrected chi connectivity index (χ3v) is 3.82. The van der Waals surface area contributed by atoms with Crippen molar-refractivity contribution in [2.24, 2.45) is 0 Å². The highest BCUT2D eigenvalue weighted by Crippen LogP contribution is 2.27. The maximum Gasteiger partial charge on any atom is 0.164 e. The molecule has 0 fully saturated rings. The van der Waals surface area contributed by atoms with E-state index in [1.165, 1.54) is 0 Å². The van der Waals surface area contributed by atoms with Gasteiger partial charge in [-0.1, -0.05) is 13.3 Å². The van der Waals surface area contributed by atoms with Crippen molar-refractivity contribution in [1.29, 1.82) is 0 Å². The summed E-state index contributed by atoms with van der Waals surface area (Å²) in [4.78, 5) is 0. The Balaban J connectivity index is 1.89. The number of benzene rings is 1. The molecule has 1 unspecified atom stereocenters. The van der Waals surface area contributed by atoms with Crippen molar-refractivity contribution in [1.82, 2.24) is 20.1 Å². The molecule has 1 aliphatic heterocycles. The molecule has 3 rings (SSSR count). The Kier molecular flexibility index (Phi) is 4.20. The average Bonchev–Trinajstić information content (AvgIpc) is 2.94. The lowest BCUT2D eigenvalue weighted by Gasteiger charge is -2.24. The molecule has 2 heterocycles. The van der Waals surface area contributed by atoms with Crippen LogP contribution in [-0.4, -0.2) is 27.9 Å². The summed E-state index contributed by atoms with van der Waals surface area (Å²) in [6.45, 7) is 6.77. The van der Waals surface area contributed by atoms with Gasteiger partial charge in [0.15, 0.2) is 11.6 Å². The summed E-state index contributed by atoms with van der Waals surface area (Å²) in [6.07, 6.45) is 2.24. The van der Waals surface area contributed by atoms with Crippen LogP contribution in [-0.2, 0) is 6.54 Å². The first-order chi connectivity index (χ1) is 10.3. The molecule has 0 spiro atoms. The molecule has 0 bridgehead atoms. The van der Waals surface area contributed by atoms with Gasteiger partial charge in [-0.3, -0.25) is 0 Å². The molecule has 112 valence electrons. The molecule has 2 aromatic rings. The molecular weight excluding hydrogens is 264 g/mol. The maximum atomic E-state index is 5.49. The number of nitrogens with zero attached hydrogens (tertiary/aromatic N) is 3. The predicted molar refractivity (Wildman–Crippen MR) is 82.3 cm³/mol. The molecule has 0 radical (unpaired) electrons. The summed E-state index contributed by atoms with van der Waals surface area (Å²) < 4.78 is 7.73. The smallest absolute Gasteiger partial charge is 0.164 e. The largest absolute Gasteiger partial charge is 0.494 e. The molecular formula is C16H22N4O. The topological polar surface area (TPSA) is 52.0 Å². The van der Waals surface area contributed by atoms with Crippen molar-refractivity contribution >= 4 is 0 Å². The minimum absolute atomic E-state index is 0.327. The fraction of sp³-hybridized carbons (Fsp3) is 0.500. The molecule has 5 heteroatoms. The lowest BCUT2D eigenvalue weighted by Crippen LogP contribution is -2.33. The number of aromatic nitrogens is 3. The van der Waals surface area contributed by atoms with Gasteiger partial charge in [0.05, 0.1) is 12.6 Å². The van der Waals surface area contributed by atoms with E-state index in [2.05, 4.69) is 39.1 Å². The van der Waals surface area contributed by atoms with Crippen molar-refractivity contribution < 1.29 is 4.74 Å². The van der Waals surface area contributed by atoms with E-state index >= 15 is 0 Å². The van der Waals surface area contributed by atoms with E-state index in [1.807, 2.05) is 19.1 Å². The second-order valence-corrected chi connectivity index (χ2v) is 5.29. The van der Waals surface area contributed by atoms with E-state index in [9.17, 15) is 0 Å².